The molecule has 7 unspecified atom stereocenters. The molecule has 1 aromatic heterocycles. The van der Waals surface area contributed by atoms with Gasteiger partial charge in [-0.15, -0.1) is 11.8 Å². The number of halogens is 1. The second-order valence-corrected chi connectivity index (χ2v) is 11.8. The van der Waals surface area contributed by atoms with Crippen LogP contribution in [0.25, 0.3) is 0 Å². The molecule has 7 atom stereocenters. The van der Waals surface area contributed by atoms with Crippen molar-refractivity contribution in [3.05, 3.63) is 48.8 Å². The van der Waals surface area contributed by atoms with Gasteiger partial charge in [-0.3, -0.25) is 19.3 Å². The fourth-order valence-corrected chi connectivity index (χ4v) is 9.56. The Kier molecular flexibility index (Phi) is 4.33. The van der Waals surface area contributed by atoms with Gasteiger partial charge in [-0.2, -0.15) is 0 Å². The average Bonchev–Trinajstić information content (AvgIpc) is 3.44. The number of thiazole rings is 1. The van der Waals surface area contributed by atoms with Crippen LogP contribution in [0.1, 0.15) is 22.8 Å². The normalized spacial score (nSPS) is 35.3. The number of H-pyrrole nitrogens is 1. The van der Waals surface area contributed by atoms with Gasteiger partial charge in [-0.05, 0) is 41.9 Å². The Labute approximate surface area is 193 Å². The van der Waals surface area contributed by atoms with Gasteiger partial charge in [0.25, 0.3) is 0 Å². The van der Waals surface area contributed by atoms with Gasteiger partial charge in [0.1, 0.15) is 0 Å². The maximum absolute atomic E-state index is 13.1. The summed E-state index contributed by atoms with van der Waals surface area (Å²) in [4.78, 5) is 54.1. The van der Waals surface area contributed by atoms with E-state index in [9.17, 15) is 24.3 Å². The highest BCUT2D eigenvalue weighted by molar-refractivity contribution is 9.10. The number of benzene rings is 1. The van der Waals surface area contributed by atoms with E-state index in [-0.39, 0.29) is 45.6 Å². The van der Waals surface area contributed by atoms with Gasteiger partial charge in [-0.25, -0.2) is 0 Å². The van der Waals surface area contributed by atoms with Crippen molar-refractivity contribution in [1.29, 1.82) is 0 Å². The number of hydrogen-bond donors (Lipinski definition) is 1. The molecule has 2 aromatic rings. The molecule has 2 aliphatic heterocycles. The zero-order valence-corrected chi connectivity index (χ0v) is 19.2. The van der Waals surface area contributed by atoms with E-state index in [1.54, 1.807) is 11.8 Å². The summed E-state index contributed by atoms with van der Waals surface area (Å²) >= 11 is 6.31. The van der Waals surface area contributed by atoms with Crippen LogP contribution in [-0.2, 0) is 14.4 Å². The molecular weight excluding hydrogens is 504 g/mol. The molecular formula is C21H16BrN2O5S2-. The van der Waals surface area contributed by atoms with Crippen molar-refractivity contribution in [3.63, 3.8) is 0 Å². The molecule has 2 bridgehead atoms. The van der Waals surface area contributed by atoms with Gasteiger partial charge < -0.3 is 14.9 Å². The monoisotopic (exact) mass is 519 g/mol. The van der Waals surface area contributed by atoms with E-state index in [0.29, 0.717) is 0 Å². The lowest BCUT2D eigenvalue weighted by Gasteiger charge is -2.43. The number of rotatable bonds is 3. The number of aromatic nitrogens is 1. The first kappa shape index (κ1) is 19.8. The van der Waals surface area contributed by atoms with Crippen LogP contribution in [0, 0.1) is 29.6 Å². The van der Waals surface area contributed by atoms with Crippen LogP contribution in [0.4, 0.5) is 0 Å². The number of hydrogen-bond acceptors (Lipinski definition) is 7. The molecule has 0 radical (unpaired) electrons. The van der Waals surface area contributed by atoms with Crippen molar-refractivity contribution in [2.45, 2.75) is 22.6 Å². The van der Waals surface area contributed by atoms with E-state index in [0.717, 1.165) is 31.3 Å². The summed E-state index contributed by atoms with van der Waals surface area (Å²) in [5.74, 6) is -3.08. The summed E-state index contributed by atoms with van der Waals surface area (Å²) < 4.78 is 0.961. The van der Waals surface area contributed by atoms with Crippen LogP contribution >= 0.6 is 39.0 Å². The summed E-state index contributed by atoms with van der Waals surface area (Å²) in [5, 5.41) is 12.1. The zero-order valence-electron chi connectivity index (χ0n) is 15.9. The molecule has 3 fully saturated rings. The van der Waals surface area contributed by atoms with Crippen molar-refractivity contribution >= 4 is 56.8 Å². The molecule has 2 amide bonds. The molecule has 6 rings (SSSR count). The first-order valence-corrected chi connectivity index (χ1v) is 12.5. The lowest BCUT2D eigenvalue weighted by atomic mass is 9.68. The number of carboxylic acid groups (broad SMARTS) is 1. The number of amides is 2. The highest BCUT2D eigenvalue weighted by Gasteiger charge is 2.69. The second-order valence-electron chi connectivity index (χ2n) is 8.65. The van der Waals surface area contributed by atoms with Crippen LogP contribution < -0.4 is 9.98 Å². The number of imide groups is 1. The summed E-state index contributed by atoms with van der Waals surface area (Å²) in [6.45, 7) is -0.677. The van der Waals surface area contributed by atoms with Crippen molar-refractivity contribution in [2.24, 2.45) is 29.6 Å². The zero-order chi connectivity index (χ0) is 21.6. The predicted molar refractivity (Wildman–Crippen MR) is 114 cm³/mol. The molecule has 31 heavy (non-hydrogen) atoms. The molecule has 1 saturated heterocycles. The SMILES string of the molecule is O=C([O-])CN1C(=O)C2C3CC(C2C1=O)C1C(c2ccc(Br)cc2)c2sc(=O)[nH]c2SC31. The third-order valence-electron chi connectivity index (χ3n) is 7.33. The molecule has 160 valence electrons. The van der Waals surface area contributed by atoms with Gasteiger partial charge in [0.15, 0.2) is 0 Å². The second kappa shape index (κ2) is 6.79. The van der Waals surface area contributed by atoms with Crippen LogP contribution in [0.15, 0.2) is 38.6 Å². The standard InChI is InChI=1S/C21H17BrN2O5S2/c22-8-3-1-7(2-4-8)12-13-9-5-10(16(13)30-18-17(12)31-21(29)23-18)15-14(9)19(27)24(20(15)28)6-11(25)26/h1-4,9-10,12-16H,5-6H2,(H,23,29)(H,25,26)/p-1. The van der Waals surface area contributed by atoms with Gasteiger partial charge >= 0.3 is 4.87 Å². The minimum absolute atomic E-state index is 0.0114. The molecule has 2 aliphatic carbocycles. The Bertz CT molecular complexity index is 1190. The van der Waals surface area contributed by atoms with Crippen molar-refractivity contribution in [3.8, 4) is 0 Å². The number of thioether (sulfide) groups is 1. The summed E-state index contributed by atoms with van der Waals surface area (Å²) in [5.41, 5.74) is 1.09. The van der Waals surface area contributed by atoms with E-state index >= 15 is 0 Å². The number of carboxylic acids is 1. The Morgan fingerprint density at radius 3 is 2.48 bits per heavy atom. The van der Waals surface area contributed by atoms with Crippen LogP contribution in [-0.4, -0.2) is 39.5 Å². The van der Waals surface area contributed by atoms with Gasteiger partial charge in [0, 0.05) is 20.5 Å². The Balaban J connectivity index is 1.45. The maximum atomic E-state index is 13.1. The van der Waals surface area contributed by atoms with E-state index in [1.165, 1.54) is 11.3 Å². The van der Waals surface area contributed by atoms with E-state index in [4.69, 9.17) is 0 Å². The topological polar surface area (TPSA) is 110 Å². The quantitative estimate of drug-likeness (QED) is 0.614. The molecule has 1 N–H and O–H groups in total. The molecule has 7 nitrogen and oxygen atoms in total. The number of nitrogens with one attached hydrogen (secondary N) is 1. The Hall–Kier alpha value is -1.91. The highest BCUT2D eigenvalue weighted by atomic mass is 79.9. The number of carbonyl (C=O) groups excluding carboxylic acids is 3. The first-order valence-electron chi connectivity index (χ1n) is 10.1. The largest absolute Gasteiger partial charge is 0.548 e. The smallest absolute Gasteiger partial charge is 0.305 e. The number of likely N-dealkylation sites (tertiary alicyclic amines) is 1. The van der Waals surface area contributed by atoms with Crippen molar-refractivity contribution < 1.29 is 19.5 Å². The maximum Gasteiger partial charge on any atom is 0.305 e. The first-order chi connectivity index (χ1) is 14.8. The summed E-state index contributed by atoms with van der Waals surface area (Å²) in [7, 11) is 0. The fourth-order valence-electron chi connectivity index (χ4n) is 6.41. The molecule has 4 aliphatic rings. The molecule has 10 heteroatoms. The minimum atomic E-state index is -1.42. The van der Waals surface area contributed by atoms with E-state index < -0.39 is 24.3 Å². The third-order valence-corrected chi connectivity index (χ3v) is 10.4. The number of aromatic amines is 1. The number of carbonyl (C=O) groups is 3. The number of nitrogens with zero attached hydrogens (tertiary/aromatic N) is 1. The highest BCUT2D eigenvalue weighted by Crippen LogP contribution is 2.68. The van der Waals surface area contributed by atoms with Crippen LogP contribution in [0.2, 0.25) is 0 Å². The van der Waals surface area contributed by atoms with Gasteiger partial charge in [-0.1, -0.05) is 39.4 Å². The lowest BCUT2D eigenvalue weighted by Crippen LogP contribution is -2.42. The number of fused-ring (bicyclic) bond motifs is 9. The van der Waals surface area contributed by atoms with Crippen LogP contribution in [0.5, 0.6) is 0 Å². The summed E-state index contributed by atoms with van der Waals surface area (Å²) in [6, 6.07) is 8.04. The van der Waals surface area contributed by atoms with E-state index in [1.807, 2.05) is 24.3 Å². The third kappa shape index (κ3) is 2.70. The minimum Gasteiger partial charge on any atom is -0.548 e. The van der Waals surface area contributed by atoms with Gasteiger partial charge in [0.2, 0.25) is 11.8 Å². The average molecular weight is 520 g/mol. The van der Waals surface area contributed by atoms with Crippen molar-refractivity contribution in [1.82, 2.24) is 9.88 Å². The molecule has 2 saturated carbocycles. The molecule has 0 spiro atoms. The lowest BCUT2D eigenvalue weighted by molar-refractivity contribution is -0.305. The number of aliphatic carboxylic acids is 1. The summed E-state index contributed by atoms with van der Waals surface area (Å²) in [6.07, 6.45) is 0.778. The van der Waals surface area contributed by atoms with Gasteiger partial charge in [0.05, 0.1) is 29.4 Å². The van der Waals surface area contributed by atoms with Crippen molar-refractivity contribution in [2.75, 3.05) is 6.54 Å². The predicted octanol–water partition coefficient (Wildman–Crippen LogP) is 1.42. The Morgan fingerprint density at radius 2 is 1.81 bits per heavy atom. The van der Waals surface area contributed by atoms with Crippen LogP contribution in [0.3, 0.4) is 0 Å². The molecule has 1 aromatic carbocycles. The van der Waals surface area contributed by atoms with E-state index in [2.05, 4.69) is 20.9 Å². The molecule has 3 heterocycles. The fraction of sp³-hybridized carbons (Fsp3) is 0.429. The Morgan fingerprint density at radius 1 is 1.13 bits per heavy atom.